The summed E-state index contributed by atoms with van der Waals surface area (Å²) in [6.07, 6.45) is -1.66. The lowest BCUT2D eigenvalue weighted by molar-refractivity contribution is -0.151. The summed E-state index contributed by atoms with van der Waals surface area (Å²) >= 11 is 0. The van der Waals surface area contributed by atoms with Crippen molar-refractivity contribution >= 4 is 20.4 Å². The molecule has 0 aromatic heterocycles. The first-order valence-corrected chi connectivity index (χ1v) is 13.4. The third-order valence-corrected chi connectivity index (χ3v) is 9.59. The number of rotatable bonds is 9. The second-order valence-electron chi connectivity index (χ2n) is 10.1. The van der Waals surface area contributed by atoms with Crippen molar-refractivity contribution in [3.8, 4) is 0 Å². The van der Waals surface area contributed by atoms with Crippen molar-refractivity contribution < 1.29 is 28.2 Å². The zero-order valence-electron chi connectivity index (χ0n) is 20.4. The first-order chi connectivity index (χ1) is 14.2. The fraction of sp³-hybridized carbons (Fsp3) is 0.652. The number of hydrogen-bond donors (Lipinski definition) is 1. The number of benzene rings is 1. The highest BCUT2D eigenvalue weighted by molar-refractivity contribution is 6.74. The number of methoxy groups -OCH3 is 1. The van der Waals surface area contributed by atoms with Crippen LogP contribution in [0.5, 0.6) is 0 Å². The fourth-order valence-electron chi connectivity index (χ4n) is 2.45. The number of carbonyl (C=O) groups is 2. The average molecular weight is 454 g/mol. The molecular formula is C23H39NO6Si. The third-order valence-electron chi connectivity index (χ3n) is 5.14. The Morgan fingerprint density at radius 3 is 2.10 bits per heavy atom. The monoisotopic (exact) mass is 453 g/mol. The maximum Gasteiger partial charge on any atom is 0.408 e. The minimum Gasteiger partial charge on any atom is -0.467 e. The molecule has 176 valence electrons. The molecular weight excluding hydrogens is 414 g/mol. The van der Waals surface area contributed by atoms with Gasteiger partial charge >= 0.3 is 12.1 Å². The van der Waals surface area contributed by atoms with Crippen LogP contribution in [0.3, 0.4) is 0 Å². The van der Waals surface area contributed by atoms with Crippen molar-refractivity contribution in [2.75, 3.05) is 13.7 Å². The molecule has 31 heavy (non-hydrogen) atoms. The number of hydrogen-bond acceptors (Lipinski definition) is 6. The Morgan fingerprint density at radius 1 is 1.03 bits per heavy atom. The Hall–Kier alpha value is -1.90. The van der Waals surface area contributed by atoms with Crippen molar-refractivity contribution in [1.29, 1.82) is 0 Å². The van der Waals surface area contributed by atoms with Crippen LogP contribution in [0.15, 0.2) is 30.3 Å². The Balaban J connectivity index is 3.08. The van der Waals surface area contributed by atoms with Crippen molar-refractivity contribution in [2.45, 2.75) is 84.0 Å². The van der Waals surface area contributed by atoms with Gasteiger partial charge < -0.3 is 24.0 Å². The van der Waals surface area contributed by atoms with Crippen molar-refractivity contribution in [3.63, 3.8) is 0 Å². The summed E-state index contributed by atoms with van der Waals surface area (Å²) < 4.78 is 22.6. The minimum absolute atomic E-state index is 0.0581. The van der Waals surface area contributed by atoms with E-state index in [-0.39, 0.29) is 11.6 Å². The molecule has 7 nitrogen and oxygen atoms in total. The van der Waals surface area contributed by atoms with E-state index in [0.717, 1.165) is 5.56 Å². The van der Waals surface area contributed by atoms with Crippen molar-refractivity contribution in [3.05, 3.63) is 35.9 Å². The van der Waals surface area contributed by atoms with Gasteiger partial charge in [-0.1, -0.05) is 51.1 Å². The summed E-state index contributed by atoms with van der Waals surface area (Å²) in [6, 6.07) is 8.89. The Bertz CT molecular complexity index is 709. The highest BCUT2D eigenvalue weighted by Gasteiger charge is 2.44. The van der Waals surface area contributed by atoms with Gasteiger partial charge in [-0.3, -0.25) is 0 Å². The molecule has 1 N–H and O–H groups in total. The number of ether oxygens (including phenoxy) is 3. The third kappa shape index (κ3) is 9.41. The van der Waals surface area contributed by atoms with Gasteiger partial charge in [0.05, 0.1) is 26.4 Å². The summed E-state index contributed by atoms with van der Waals surface area (Å²) in [7, 11) is -1.05. The maximum absolute atomic E-state index is 12.7. The smallest absolute Gasteiger partial charge is 0.408 e. The van der Waals surface area contributed by atoms with Gasteiger partial charge in [0.1, 0.15) is 5.60 Å². The van der Waals surface area contributed by atoms with Crippen LogP contribution in [0.1, 0.15) is 47.1 Å². The molecule has 0 aliphatic heterocycles. The van der Waals surface area contributed by atoms with Crippen LogP contribution in [-0.2, 0) is 30.0 Å². The topological polar surface area (TPSA) is 83.1 Å². The number of esters is 1. The Labute approximate surface area is 187 Å². The van der Waals surface area contributed by atoms with E-state index in [2.05, 4.69) is 26.1 Å². The first kappa shape index (κ1) is 27.1. The molecule has 1 amide bonds. The summed E-state index contributed by atoms with van der Waals surface area (Å²) in [5.41, 5.74) is 0.305. The predicted octanol–water partition coefficient (Wildman–Crippen LogP) is 4.66. The summed E-state index contributed by atoms with van der Waals surface area (Å²) in [6.45, 7) is 16.0. The molecule has 0 aliphatic rings. The number of alkyl carbamates (subject to hydrolysis) is 1. The second-order valence-corrected chi connectivity index (χ2v) is 14.8. The van der Waals surface area contributed by atoms with Crippen LogP contribution in [0.25, 0.3) is 0 Å². The van der Waals surface area contributed by atoms with Crippen LogP contribution in [0.2, 0.25) is 18.1 Å². The molecule has 1 aromatic rings. The van der Waals surface area contributed by atoms with Gasteiger partial charge in [0, 0.05) is 0 Å². The van der Waals surface area contributed by atoms with Gasteiger partial charge in [0.25, 0.3) is 0 Å². The summed E-state index contributed by atoms with van der Waals surface area (Å²) in [5.74, 6) is -0.561. The van der Waals surface area contributed by atoms with E-state index in [9.17, 15) is 9.59 Å². The lowest BCUT2D eigenvalue weighted by atomic mass is 10.1. The largest absolute Gasteiger partial charge is 0.467 e. The molecule has 0 aliphatic carbocycles. The lowest BCUT2D eigenvalue weighted by Crippen LogP contribution is -2.57. The van der Waals surface area contributed by atoms with Crippen LogP contribution in [-0.4, -0.2) is 51.8 Å². The highest BCUT2D eigenvalue weighted by atomic mass is 28.4. The zero-order chi connectivity index (χ0) is 23.9. The van der Waals surface area contributed by atoms with E-state index < -0.39 is 38.1 Å². The van der Waals surface area contributed by atoms with Crippen molar-refractivity contribution in [2.24, 2.45) is 0 Å². The molecule has 1 aromatic carbocycles. The fourth-order valence-corrected chi connectivity index (χ4v) is 3.70. The van der Waals surface area contributed by atoms with Gasteiger partial charge in [0.2, 0.25) is 0 Å². The van der Waals surface area contributed by atoms with Gasteiger partial charge in [-0.25, -0.2) is 9.59 Å². The molecule has 0 fully saturated rings. The average Bonchev–Trinajstić information content (AvgIpc) is 2.63. The Kier molecular flexibility index (Phi) is 9.72. The molecule has 0 saturated carbocycles. The van der Waals surface area contributed by atoms with Crippen LogP contribution in [0.4, 0.5) is 4.79 Å². The minimum atomic E-state index is -2.36. The molecule has 0 radical (unpaired) electrons. The van der Waals surface area contributed by atoms with E-state index in [1.54, 1.807) is 20.8 Å². The van der Waals surface area contributed by atoms with Gasteiger partial charge in [-0.2, -0.15) is 0 Å². The van der Waals surface area contributed by atoms with E-state index in [4.69, 9.17) is 18.6 Å². The van der Waals surface area contributed by atoms with Gasteiger partial charge in [-0.05, 0) is 44.5 Å². The van der Waals surface area contributed by atoms with Gasteiger partial charge in [0.15, 0.2) is 14.4 Å². The molecule has 0 unspecified atom stereocenters. The van der Waals surface area contributed by atoms with E-state index in [1.807, 2.05) is 43.4 Å². The Morgan fingerprint density at radius 2 is 1.61 bits per heavy atom. The maximum atomic E-state index is 12.7. The zero-order valence-corrected chi connectivity index (χ0v) is 21.4. The standard InChI is InChI=1S/C23H39NO6Si/c1-22(2,3)29-21(26)24-18(16-28-15-17-13-11-10-12-14-17)19(20(25)27-7)30-31(8,9)23(4,5)6/h10-14,18-19H,15-16H2,1-9H3,(H,24,26)/t18-,19+/m0/s1. The lowest BCUT2D eigenvalue weighted by Gasteiger charge is -2.40. The SMILES string of the molecule is COC(=O)[C@H](O[Si](C)(C)C(C)(C)C)[C@H](COCc1ccccc1)NC(=O)OC(C)(C)C. The highest BCUT2D eigenvalue weighted by Crippen LogP contribution is 2.37. The normalized spacial score (nSPS) is 14.5. The number of nitrogens with one attached hydrogen (secondary N) is 1. The predicted molar refractivity (Wildman–Crippen MR) is 123 cm³/mol. The van der Waals surface area contributed by atoms with Crippen LogP contribution in [0, 0.1) is 0 Å². The summed E-state index contributed by atoms with van der Waals surface area (Å²) in [5, 5.41) is 2.62. The molecule has 8 heteroatoms. The van der Waals surface area contributed by atoms with E-state index >= 15 is 0 Å². The van der Waals surface area contributed by atoms with Crippen LogP contribution < -0.4 is 5.32 Å². The van der Waals surface area contributed by atoms with Crippen LogP contribution >= 0.6 is 0 Å². The molecule has 0 bridgehead atoms. The molecule has 1 rings (SSSR count). The molecule has 0 heterocycles. The molecule has 2 atom stereocenters. The van der Waals surface area contributed by atoms with Crippen molar-refractivity contribution in [1.82, 2.24) is 5.32 Å². The second kappa shape index (κ2) is 11.1. The van der Waals surface area contributed by atoms with E-state index in [1.165, 1.54) is 7.11 Å². The summed E-state index contributed by atoms with van der Waals surface area (Å²) in [4.78, 5) is 25.2. The quantitative estimate of drug-likeness (QED) is 0.432. The number of carbonyl (C=O) groups excluding carboxylic acids is 2. The molecule has 0 spiro atoms. The molecule has 0 saturated heterocycles. The van der Waals surface area contributed by atoms with E-state index in [0.29, 0.717) is 6.61 Å². The van der Waals surface area contributed by atoms with Gasteiger partial charge in [-0.15, -0.1) is 0 Å². The number of amides is 1. The first-order valence-electron chi connectivity index (χ1n) is 10.5.